The minimum Gasteiger partial charge on any atom is -0.396 e. The van der Waals surface area contributed by atoms with Crippen LogP contribution in [0.2, 0.25) is 0 Å². The van der Waals surface area contributed by atoms with E-state index < -0.39 is 5.92 Å². The van der Waals surface area contributed by atoms with Crippen molar-refractivity contribution in [1.82, 2.24) is 5.32 Å². The molecule has 1 unspecified atom stereocenters. The molecule has 1 aliphatic rings. The zero-order chi connectivity index (χ0) is 11.5. The average Bonchev–Trinajstić information content (AvgIpc) is 2.96. The fraction of sp³-hybridized carbons (Fsp3) is 0.818. The van der Waals surface area contributed by atoms with Crippen LogP contribution in [0.5, 0.6) is 0 Å². The maximum Gasteiger partial charge on any atom is 0.237 e. The summed E-state index contributed by atoms with van der Waals surface area (Å²) < 4.78 is 0. The second-order valence-corrected chi connectivity index (χ2v) is 4.73. The molecule has 1 atom stereocenters. The number of nitrogens with one attached hydrogen (secondary N) is 1. The fourth-order valence-corrected chi connectivity index (χ4v) is 1.46. The van der Waals surface area contributed by atoms with E-state index in [1.165, 1.54) is 0 Å². The van der Waals surface area contributed by atoms with E-state index >= 15 is 0 Å². The first-order valence-corrected chi connectivity index (χ1v) is 5.33. The van der Waals surface area contributed by atoms with Crippen LogP contribution in [0.25, 0.3) is 0 Å². The van der Waals surface area contributed by atoms with E-state index in [4.69, 9.17) is 10.4 Å². The Bertz CT molecular complexity index is 277. The van der Waals surface area contributed by atoms with Gasteiger partial charge in [-0.1, -0.05) is 13.8 Å². The lowest BCUT2D eigenvalue weighted by atomic mass is 9.96. The molecule has 15 heavy (non-hydrogen) atoms. The minimum atomic E-state index is -0.584. The normalized spacial score (nSPS) is 19.4. The summed E-state index contributed by atoms with van der Waals surface area (Å²) in [6.07, 6.45) is 1.92. The fourth-order valence-electron chi connectivity index (χ4n) is 1.46. The Morgan fingerprint density at radius 1 is 1.60 bits per heavy atom. The molecule has 1 saturated carbocycles. The van der Waals surface area contributed by atoms with Gasteiger partial charge in [-0.3, -0.25) is 4.79 Å². The number of nitrogens with zero attached hydrogens (tertiary/aromatic N) is 1. The molecule has 1 amide bonds. The lowest BCUT2D eigenvalue weighted by Gasteiger charge is -2.16. The third kappa shape index (κ3) is 2.93. The first-order valence-electron chi connectivity index (χ1n) is 5.33. The number of rotatable bonds is 5. The second-order valence-electron chi connectivity index (χ2n) is 4.73. The summed E-state index contributed by atoms with van der Waals surface area (Å²) >= 11 is 0. The molecule has 84 valence electrons. The van der Waals surface area contributed by atoms with Crippen molar-refractivity contribution in [1.29, 1.82) is 5.26 Å². The Morgan fingerprint density at radius 3 is 2.53 bits per heavy atom. The predicted molar refractivity (Wildman–Crippen MR) is 55.7 cm³/mol. The van der Waals surface area contributed by atoms with Crippen LogP contribution in [0, 0.1) is 28.6 Å². The summed E-state index contributed by atoms with van der Waals surface area (Å²) in [6.45, 7) is 4.32. The van der Waals surface area contributed by atoms with E-state index in [9.17, 15) is 4.79 Å². The summed E-state index contributed by atoms with van der Waals surface area (Å²) in [5.41, 5.74) is -0.0906. The van der Waals surface area contributed by atoms with Crippen molar-refractivity contribution in [3.8, 4) is 6.07 Å². The van der Waals surface area contributed by atoms with Gasteiger partial charge in [-0.2, -0.15) is 5.26 Å². The van der Waals surface area contributed by atoms with Gasteiger partial charge in [-0.15, -0.1) is 0 Å². The maximum atomic E-state index is 11.6. The van der Waals surface area contributed by atoms with Crippen molar-refractivity contribution in [3.05, 3.63) is 0 Å². The molecule has 0 bridgehead atoms. The zero-order valence-electron chi connectivity index (χ0n) is 9.29. The number of aliphatic hydroxyl groups excluding tert-OH is 1. The Kier molecular flexibility index (Phi) is 3.70. The van der Waals surface area contributed by atoms with Crippen LogP contribution in [0.1, 0.15) is 26.7 Å². The number of carbonyl (C=O) groups excluding carboxylic acids is 1. The molecule has 0 radical (unpaired) electrons. The summed E-state index contributed by atoms with van der Waals surface area (Å²) in [5, 5.41) is 20.6. The van der Waals surface area contributed by atoms with Crippen molar-refractivity contribution < 1.29 is 9.90 Å². The third-order valence-corrected chi connectivity index (χ3v) is 3.02. The van der Waals surface area contributed by atoms with E-state index in [0.717, 1.165) is 12.8 Å². The van der Waals surface area contributed by atoms with Gasteiger partial charge in [0.25, 0.3) is 0 Å². The van der Waals surface area contributed by atoms with Crippen LogP contribution in [0.3, 0.4) is 0 Å². The molecular formula is C11H18N2O2. The van der Waals surface area contributed by atoms with E-state index in [2.05, 4.69) is 5.32 Å². The topological polar surface area (TPSA) is 73.1 Å². The lowest BCUT2D eigenvalue weighted by molar-refractivity contribution is -0.124. The first kappa shape index (κ1) is 12.0. The van der Waals surface area contributed by atoms with Gasteiger partial charge in [0.1, 0.15) is 5.92 Å². The number of nitriles is 1. The van der Waals surface area contributed by atoms with Crippen LogP contribution in [0.4, 0.5) is 0 Å². The molecule has 0 spiro atoms. The molecule has 0 heterocycles. The second kappa shape index (κ2) is 4.63. The molecule has 0 aromatic heterocycles. The highest BCUT2D eigenvalue weighted by atomic mass is 16.3. The van der Waals surface area contributed by atoms with Crippen molar-refractivity contribution in [2.45, 2.75) is 26.7 Å². The van der Waals surface area contributed by atoms with Gasteiger partial charge >= 0.3 is 0 Å². The van der Waals surface area contributed by atoms with Gasteiger partial charge in [-0.25, -0.2) is 0 Å². The molecule has 1 aliphatic carbocycles. The monoisotopic (exact) mass is 210 g/mol. The van der Waals surface area contributed by atoms with Gasteiger partial charge < -0.3 is 10.4 Å². The molecule has 1 rings (SSSR count). The number of hydrogen-bond acceptors (Lipinski definition) is 3. The van der Waals surface area contributed by atoms with Crippen LogP contribution in [-0.2, 0) is 4.79 Å². The summed E-state index contributed by atoms with van der Waals surface area (Å²) in [5.74, 6) is -0.772. The van der Waals surface area contributed by atoms with Crippen LogP contribution in [0.15, 0.2) is 0 Å². The van der Waals surface area contributed by atoms with Crippen molar-refractivity contribution in [2.75, 3.05) is 13.2 Å². The molecule has 2 N–H and O–H groups in total. The Hall–Kier alpha value is -1.08. The summed E-state index contributed by atoms with van der Waals surface area (Å²) in [7, 11) is 0. The molecule has 0 aromatic carbocycles. The maximum absolute atomic E-state index is 11.6. The molecule has 0 saturated heterocycles. The SMILES string of the molecule is CC(C)C(C#N)C(=O)NCC1(CO)CC1. The molecule has 4 nitrogen and oxygen atoms in total. The third-order valence-electron chi connectivity index (χ3n) is 3.02. The molecule has 1 fully saturated rings. The Morgan fingerprint density at radius 2 is 2.20 bits per heavy atom. The lowest BCUT2D eigenvalue weighted by Crippen LogP contribution is -2.37. The Labute approximate surface area is 90.3 Å². The number of amides is 1. The molecule has 0 aliphatic heterocycles. The Balaban J connectivity index is 2.39. The smallest absolute Gasteiger partial charge is 0.237 e. The number of carbonyl (C=O) groups is 1. The highest BCUT2D eigenvalue weighted by Crippen LogP contribution is 2.44. The molecular weight excluding hydrogens is 192 g/mol. The molecule has 0 aromatic rings. The largest absolute Gasteiger partial charge is 0.396 e. The van der Waals surface area contributed by atoms with E-state index in [1.807, 2.05) is 19.9 Å². The quantitative estimate of drug-likeness (QED) is 0.700. The van der Waals surface area contributed by atoms with Gasteiger partial charge in [0.2, 0.25) is 5.91 Å². The van der Waals surface area contributed by atoms with E-state index in [-0.39, 0.29) is 23.8 Å². The first-order chi connectivity index (χ1) is 7.04. The van der Waals surface area contributed by atoms with E-state index in [0.29, 0.717) is 6.54 Å². The van der Waals surface area contributed by atoms with E-state index in [1.54, 1.807) is 0 Å². The average molecular weight is 210 g/mol. The zero-order valence-corrected chi connectivity index (χ0v) is 9.29. The summed E-state index contributed by atoms with van der Waals surface area (Å²) in [6, 6.07) is 2.00. The summed E-state index contributed by atoms with van der Waals surface area (Å²) in [4.78, 5) is 11.6. The van der Waals surface area contributed by atoms with Crippen LogP contribution < -0.4 is 5.32 Å². The number of hydrogen-bond donors (Lipinski definition) is 2. The van der Waals surface area contributed by atoms with Crippen molar-refractivity contribution in [2.24, 2.45) is 17.3 Å². The van der Waals surface area contributed by atoms with Gasteiger partial charge in [0.15, 0.2) is 0 Å². The van der Waals surface area contributed by atoms with Crippen LogP contribution in [-0.4, -0.2) is 24.2 Å². The highest BCUT2D eigenvalue weighted by molar-refractivity contribution is 5.81. The van der Waals surface area contributed by atoms with Gasteiger partial charge in [-0.05, 0) is 18.8 Å². The minimum absolute atomic E-state index is 0.0271. The van der Waals surface area contributed by atoms with Crippen molar-refractivity contribution >= 4 is 5.91 Å². The number of aliphatic hydroxyl groups is 1. The van der Waals surface area contributed by atoms with Crippen molar-refractivity contribution in [3.63, 3.8) is 0 Å². The van der Waals surface area contributed by atoms with Crippen LogP contribution >= 0.6 is 0 Å². The predicted octanol–water partition coefficient (Wildman–Crippen LogP) is 0.671. The molecule has 4 heteroatoms. The van der Waals surface area contributed by atoms with Gasteiger partial charge in [0.05, 0.1) is 12.7 Å². The highest BCUT2D eigenvalue weighted by Gasteiger charge is 2.42. The van der Waals surface area contributed by atoms with Gasteiger partial charge in [0, 0.05) is 12.0 Å². The standard InChI is InChI=1S/C11H18N2O2/c1-8(2)9(5-12)10(15)13-6-11(7-14)3-4-11/h8-9,14H,3-4,6-7H2,1-2H3,(H,13,15).